The molecule has 0 aromatic heterocycles. The van der Waals surface area contributed by atoms with E-state index in [1.807, 2.05) is 24.3 Å². The SMILES string of the molecule is C[C@H](NCc1c(OCc2ccc(Cl)c(Cl)c2)ccc2ccccc12)c1ccccc1. The molecule has 0 radical (unpaired) electrons. The van der Waals surface area contributed by atoms with Gasteiger partial charge in [-0.2, -0.15) is 0 Å². The molecule has 4 heteroatoms. The van der Waals surface area contributed by atoms with Crippen molar-refractivity contribution in [1.29, 1.82) is 0 Å². The Kier molecular flexibility index (Phi) is 6.59. The second-order valence-electron chi connectivity index (χ2n) is 7.31. The molecule has 1 atom stereocenters. The Hall–Kier alpha value is -2.52. The molecule has 30 heavy (non-hydrogen) atoms. The molecule has 0 unspecified atom stereocenters. The molecule has 1 N–H and O–H groups in total. The van der Waals surface area contributed by atoms with Crippen LogP contribution in [0.5, 0.6) is 5.75 Å². The van der Waals surface area contributed by atoms with Gasteiger partial charge in [0.05, 0.1) is 10.0 Å². The summed E-state index contributed by atoms with van der Waals surface area (Å²) in [5.74, 6) is 0.868. The van der Waals surface area contributed by atoms with Crippen molar-refractivity contribution in [3.05, 3.63) is 112 Å². The molecule has 4 aromatic carbocycles. The zero-order valence-corrected chi connectivity index (χ0v) is 18.3. The van der Waals surface area contributed by atoms with E-state index in [0.29, 0.717) is 23.2 Å². The summed E-state index contributed by atoms with van der Waals surface area (Å²) < 4.78 is 6.22. The third-order valence-corrected chi connectivity index (χ3v) is 6.00. The van der Waals surface area contributed by atoms with Crippen LogP contribution >= 0.6 is 23.2 Å². The lowest BCUT2D eigenvalue weighted by Crippen LogP contribution is -2.18. The van der Waals surface area contributed by atoms with Crippen molar-refractivity contribution >= 4 is 34.0 Å². The zero-order chi connectivity index (χ0) is 20.9. The molecular weight excluding hydrogens is 413 g/mol. The van der Waals surface area contributed by atoms with Crippen LogP contribution in [-0.4, -0.2) is 0 Å². The predicted molar refractivity (Wildman–Crippen MR) is 126 cm³/mol. The average molecular weight is 436 g/mol. The molecule has 0 fully saturated rings. The van der Waals surface area contributed by atoms with E-state index in [2.05, 4.69) is 66.8 Å². The summed E-state index contributed by atoms with van der Waals surface area (Å²) in [4.78, 5) is 0. The Morgan fingerprint density at radius 3 is 2.40 bits per heavy atom. The quantitative estimate of drug-likeness (QED) is 0.323. The van der Waals surface area contributed by atoms with Gasteiger partial charge in [-0.3, -0.25) is 0 Å². The molecule has 0 heterocycles. The third kappa shape index (κ3) is 4.79. The minimum atomic E-state index is 0.230. The predicted octanol–water partition coefficient (Wildman–Crippen LogP) is 7.58. The molecule has 0 saturated carbocycles. The Labute approximate surface area is 187 Å². The van der Waals surface area contributed by atoms with Crippen molar-refractivity contribution < 1.29 is 4.74 Å². The number of hydrogen-bond donors (Lipinski definition) is 1. The first-order valence-electron chi connectivity index (χ1n) is 9.97. The first-order valence-corrected chi connectivity index (χ1v) is 10.7. The Morgan fingerprint density at radius 1 is 0.833 bits per heavy atom. The lowest BCUT2D eigenvalue weighted by Gasteiger charge is -2.18. The van der Waals surface area contributed by atoms with Crippen LogP contribution in [0.2, 0.25) is 10.0 Å². The zero-order valence-electron chi connectivity index (χ0n) is 16.7. The highest BCUT2D eigenvalue weighted by Crippen LogP contribution is 2.30. The van der Waals surface area contributed by atoms with Gasteiger partial charge in [-0.15, -0.1) is 0 Å². The first kappa shape index (κ1) is 20.7. The van der Waals surface area contributed by atoms with Gasteiger partial charge in [0.1, 0.15) is 12.4 Å². The highest BCUT2D eigenvalue weighted by Gasteiger charge is 2.12. The fraction of sp³-hybridized carbons (Fsp3) is 0.154. The number of hydrogen-bond acceptors (Lipinski definition) is 2. The fourth-order valence-corrected chi connectivity index (χ4v) is 3.86. The smallest absolute Gasteiger partial charge is 0.124 e. The van der Waals surface area contributed by atoms with Gasteiger partial charge in [0.15, 0.2) is 0 Å². The number of halogens is 2. The Balaban J connectivity index is 1.58. The Bertz CT molecular complexity index is 1140. The molecule has 0 aliphatic heterocycles. The maximum Gasteiger partial charge on any atom is 0.124 e. The monoisotopic (exact) mass is 435 g/mol. The van der Waals surface area contributed by atoms with Crippen LogP contribution in [0.4, 0.5) is 0 Å². The van der Waals surface area contributed by atoms with Gasteiger partial charge in [-0.25, -0.2) is 0 Å². The summed E-state index contributed by atoms with van der Waals surface area (Å²) in [7, 11) is 0. The summed E-state index contributed by atoms with van der Waals surface area (Å²) in [5, 5.41) is 7.12. The standard InChI is InChI=1S/C26H23Cl2NO/c1-18(20-7-3-2-4-8-20)29-16-23-22-10-6-5-9-21(22)12-14-26(23)30-17-19-11-13-24(27)25(28)15-19/h2-15,18,29H,16-17H2,1H3/t18-/m0/s1. The number of benzene rings is 4. The van der Waals surface area contributed by atoms with Gasteiger partial charge in [0, 0.05) is 18.2 Å². The van der Waals surface area contributed by atoms with Gasteiger partial charge in [0.2, 0.25) is 0 Å². The van der Waals surface area contributed by atoms with Crippen LogP contribution in [0, 0.1) is 0 Å². The van der Waals surface area contributed by atoms with Crippen molar-refractivity contribution in [3.8, 4) is 5.75 Å². The minimum Gasteiger partial charge on any atom is -0.489 e. The molecule has 0 spiro atoms. The van der Waals surface area contributed by atoms with Crippen LogP contribution in [0.15, 0.2) is 84.9 Å². The number of fused-ring (bicyclic) bond motifs is 1. The number of rotatable bonds is 7. The van der Waals surface area contributed by atoms with Crippen LogP contribution < -0.4 is 10.1 Å². The molecule has 0 aliphatic carbocycles. The molecule has 0 amide bonds. The highest BCUT2D eigenvalue weighted by atomic mass is 35.5. The first-order chi connectivity index (χ1) is 14.6. The van der Waals surface area contributed by atoms with Gasteiger partial charge in [-0.1, -0.05) is 89.9 Å². The topological polar surface area (TPSA) is 21.3 Å². The normalized spacial score (nSPS) is 12.1. The summed E-state index contributed by atoms with van der Waals surface area (Å²) in [6, 6.07) is 28.8. The molecule has 4 aromatic rings. The average Bonchev–Trinajstić information content (AvgIpc) is 2.79. The maximum absolute atomic E-state index is 6.22. The largest absolute Gasteiger partial charge is 0.489 e. The second kappa shape index (κ2) is 9.53. The molecule has 0 aliphatic rings. The van der Waals surface area contributed by atoms with Gasteiger partial charge < -0.3 is 10.1 Å². The van der Waals surface area contributed by atoms with E-state index < -0.39 is 0 Å². The van der Waals surface area contributed by atoms with Crippen LogP contribution in [0.3, 0.4) is 0 Å². The van der Waals surface area contributed by atoms with Gasteiger partial charge in [0.25, 0.3) is 0 Å². The van der Waals surface area contributed by atoms with E-state index in [4.69, 9.17) is 27.9 Å². The molecule has 0 bridgehead atoms. The highest BCUT2D eigenvalue weighted by molar-refractivity contribution is 6.42. The lowest BCUT2D eigenvalue weighted by molar-refractivity contribution is 0.302. The molecule has 0 saturated heterocycles. The number of nitrogens with one attached hydrogen (secondary N) is 1. The van der Waals surface area contributed by atoms with E-state index in [-0.39, 0.29) is 6.04 Å². The second-order valence-corrected chi connectivity index (χ2v) is 8.13. The van der Waals surface area contributed by atoms with Crippen LogP contribution in [0.25, 0.3) is 10.8 Å². The van der Waals surface area contributed by atoms with E-state index in [1.54, 1.807) is 6.07 Å². The minimum absolute atomic E-state index is 0.230. The maximum atomic E-state index is 6.22. The van der Waals surface area contributed by atoms with E-state index in [0.717, 1.165) is 16.9 Å². The summed E-state index contributed by atoms with van der Waals surface area (Å²) in [6.45, 7) is 3.31. The Morgan fingerprint density at radius 2 is 1.60 bits per heavy atom. The molecule has 152 valence electrons. The molecular formula is C26H23Cl2NO. The molecule has 2 nitrogen and oxygen atoms in total. The van der Waals surface area contributed by atoms with Crippen LogP contribution in [0.1, 0.15) is 29.7 Å². The van der Waals surface area contributed by atoms with Crippen molar-refractivity contribution in [3.63, 3.8) is 0 Å². The van der Waals surface area contributed by atoms with Gasteiger partial charge in [-0.05, 0) is 47.0 Å². The molecule has 4 rings (SSSR count). The summed E-state index contributed by atoms with van der Waals surface area (Å²) >= 11 is 12.2. The van der Waals surface area contributed by atoms with Crippen molar-refractivity contribution in [2.45, 2.75) is 26.1 Å². The van der Waals surface area contributed by atoms with Crippen molar-refractivity contribution in [2.75, 3.05) is 0 Å². The van der Waals surface area contributed by atoms with E-state index in [9.17, 15) is 0 Å². The van der Waals surface area contributed by atoms with E-state index >= 15 is 0 Å². The summed E-state index contributed by atoms with van der Waals surface area (Å²) in [6.07, 6.45) is 0. The van der Waals surface area contributed by atoms with E-state index in [1.165, 1.54) is 16.3 Å². The van der Waals surface area contributed by atoms with Gasteiger partial charge >= 0.3 is 0 Å². The van der Waals surface area contributed by atoms with Crippen LogP contribution in [-0.2, 0) is 13.2 Å². The third-order valence-electron chi connectivity index (χ3n) is 5.26. The fourth-order valence-electron chi connectivity index (χ4n) is 3.54. The van der Waals surface area contributed by atoms with Crippen molar-refractivity contribution in [1.82, 2.24) is 5.32 Å². The summed E-state index contributed by atoms with van der Waals surface area (Å²) in [5.41, 5.74) is 3.39. The van der Waals surface area contributed by atoms with Crippen molar-refractivity contribution in [2.24, 2.45) is 0 Å². The number of ether oxygens (including phenoxy) is 1. The lowest BCUT2D eigenvalue weighted by atomic mass is 10.0.